The molecule has 1 aliphatic heterocycles. The van der Waals surface area contributed by atoms with Crippen molar-refractivity contribution in [2.45, 2.75) is 13.3 Å². The number of esters is 1. The molecule has 1 heterocycles. The van der Waals surface area contributed by atoms with Crippen LogP contribution in [0, 0.1) is 5.82 Å². The summed E-state index contributed by atoms with van der Waals surface area (Å²) >= 11 is 0. The molecular weight excluding hydrogens is 327 g/mol. The highest BCUT2D eigenvalue weighted by atomic mass is 19.1. The van der Waals surface area contributed by atoms with Crippen LogP contribution >= 0.6 is 0 Å². The topological polar surface area (TPSA) is 59.1 Å². The van der Waals surface area contributed by atoms with Gasteiger partial charge in [0.1, 0.15) is 5.82 Å². The third kappa shape index (κ3) is 6.10. The second-order valence-electron chi connectivity index (χ2n) is 5.78. The largest absolute Gasteiger partial charge is 0.466 e. The number of halogens is 1. The van der Waals surface area contributed by atoms with Crippen molar-refractivity contribution in [3.8, 4) is 0 Å². The van der Waals surface area contributed by atoms with Crippen LogP contribution in [0.1, 0.15) is 23.7 Å². The quantitative estimate of drug-likeness (QED) is 0.665. The first-order valence-electron chi connectivity index (χ1n) is 8.61. The second-order valence-corrected chi connectivity index (χ2v) is 5.78. The minimum absolute atomic E-state index is 0.0216. The summed E-state index contributed by atoms with van der Waals surface area (Å²) in [6.07, 6.45) is 0.0944. The van der Waals surface area contributed by atoms with Gasteiger partial charge in [-0.25, -0.2) is 4.39 Å². The van der Waals surface area contributed by atoms with Gasteiger partial charge in [-0.3, -0.25) is 14.5 Å². The van der Waals surface area contributed by atoms with Crippen molar-refractivity contribution >= 4 is 11.9 Å². The zero-order valence-corrected chi connectivity index (χ0v) is 14.6. The van der Waals surface area contributed by atoms with Crippen LogP contribution in [0.5, 0.6) is 0 Å². The van der Waals surface area contributed by atoms with E-state index in [9.17, 15) is 14.0 Å². The molecule has 0 aromatic heterocycles. The van der Waals surface area contributed by atoms with Gasteiger partial charge in [0.25, 0.3) is 5.91 Å². The minimum atomic E-state index is -0.556. The van der Waals surface area contributed by atoms with Crippen molar-refractivity contribution in [3.05, 3.63) is 35.6 Å². The molecule has 2 rings (SSSR count). The molecule has 1 aromatic rings. The SMILES string of the molecule is CCOC(=O)CCN(CCN1CCOCC1)C(=O)c1ccccc1F. The zero-order valence-electron chi connectivity index (χ0n) is 14.6. The molecule has 7 heteroatoms. The molecule has 0 spiro atoms. The maximum atomic E-state index is 13.9. The highest BCUT2D eigenvalue weighted by molar-refractivity contribution is 5.94. The predicted molar refractivity (Wildman–Crippen MR) is 90.8 cm³/mol. The van der Waals surface area contributed by atoms with E-state index in [4.69, 9.17) is 9.47 Å². The van der Waals surface area contributed by atoms with Crippen LogP contribution in [0.3, 0.4) is 0 Å². The summed E-state index contributed by atoms with van der Waals surface area (Å²) in [6, 6.07) is 5.90. The lowest BCUT2D eigenvalue weighted by atomic mass is 10.1. The lowest BCUT2D eigenvalue weighted by Gasteiger charge is -2.30. The Morgan fingerprint density at radius 2 is 1.96 bits per heavy atom. The first-order chi connectivity index (χ1) is 12.1. The number of nitrogens with zero attached hydrogens (tertiary/aromatic N) is 2. The molecule has 1 aromatic carbocycles. The fourth-order valence-electron chi connectivity index (χ4n) is 2.67. The van der Waals surface area contributed by atoms with Gasteiger partial charge in [-0.15, -0.1) is 0 Å². The summed E-state index contributed by atoms with van der Waals surface area (Å²) in [5, 5.41) is 0. The lowest BCUT2D eigenvalue weighted by molar-refractivity contribution is -0.143. The molecule has 1 aliphatic rings. The number of hydrogen-bond acceptors (Lipinski definition) is 5. The molecular formula is C18H25FN2O4. The summed E-state index contributed by atoms with van der Waals surface area (Å²) in [7, 11) is 0. The molecule has 0 aliphatic carbocycles. The first-order valence-corrected chi connectivity index (χ1v) is 8.61. The maximum absolute atomic E-state index is 13.9. The third-order valence-corrected chi connectivity index (χ3v) is 4.07. The molecule has 0 atom stereocenters. The average Bonchev–Trinajstić information content (AvgIpc) is 2.63. The Labute approximate surface area is 147 Å². The molecule has 1 saturated heterocycles. The van der Waals surface area contributed by atoms with Gasteiger partial charge >= 0.3 is 5.97 Å². The maximum Gasteiger partial charge on any atom is 0.307 e. The Morgan fingerprint density at radius 1 is 1.24 bits per heavy atom. The lowest BCUT2D eigenvalue weighted by Crippen LogP contribution is -2.43. The van der Waals surface area contributed by atoms with Crippen LogP contribution in [-0.4, -0.2) is 74.2 Å². The van der Waals surface area contributed by atoms with Crippen LogP contribution in [0.4, 0.5) is 4.39 Å². The van der Waals surface area contributed by atoms with Crippen molar-refractivity contribution in [2.24, 2.45) is 0 Å². The standard InChI is InChI=1S/C18H25FN2O4/c1-2-25-17(22)7-8-21(10-9-20-11-13-24-14-12-20)18(23)15-5-3-4-6-16(15)19/h3-6H,2,7-14H2,1H3. The van der Waals surface area contributed by atoms with E-state index in [2.05, 4.69) is 4.90 Å². The van der Waals surface area contributed by atoms with E-state index in [1.165, 1.54) is 17.0 Å². The number of morpholine rings is 1. The number of carbonyl (C=O) groups is 2. The summed E-state index contributed by atoms with van der Waals surface area (Å²) in [5.74, 6) is -1.32. The Hall–Kier alpha value is -1.99. The molecule has 0 bridgehead atoms. The fourth-order valence-corrected chi connectivity index (χ4v) is 2.67. The molecule has 1 fully saturated rings. The van der Waals surface area contributed by atoms with Gasteiger partial charge in [0.2, 0.25) is 0 Å². The van der Waals surface area contributed by atoms with Crippen molar-refractivity contribution in [2.75, 3.05) is 52.5 Å². The summed E-state index contributed by atoms with van der Waals surface area (Å²) in [5.41, 5.74) is 0.0216. The number of hydrogen-bond donors (Lipinski definition) is 0. The second kappa shape index (κ2) is 10.1. The Morgan fingerprint density at radius 3 is 2.64 bits per heavy atom. The van der Waals surface area contributed by atoms with Gasteiger partial charge < -0.3 is 14.4 Å². The monoisotopic (exact) mass is 352 g/mol. The summed E-state index contributed by atoms with van der Waals surface area (Å²) in [4.78, 5) is 28.0. The molecule has 25 heavy (non-hydrogen) atoms. The molecule has 0 N–H and O–H groups in total. The van der Waals surface area contributed by atoms with E-state index in [0.29, 0.717) is 32.9 Å². The molecule has 0 unspecified atom stereocenters. The average molecular weight is 352 g/mol. The fraction of sp³-hybridized carbons (Fsp3) is 0.556. The van der Waals surface area contributed by atoms with E-state index >= 15 is 0 Å². The van der Waals surface area contributed by atoms with Gasteiger partial charge in [0.15, 0.2) is 0 Å². The van der Waals surface area contributed by atoms with Crippen LogP contribution in [-0.2, 0) is 14.3 Å². The van der Waals surface area contributed by atoms with Crippen LogP contribution in [0.2, 0.25) is 0 Å². The van der Waals surface area contributed by atoms with E-state index in [1.54, 1.807) is 19.1 Å². The smallest absolute Gasteiger partial charge is 0.307 e. The van der Waals surface area contributed by atoms with E-state index in [1.807, 2.05) is 0 Å². The third-order valence-electron chi connectivity index (χ3n) is 4.07. The van der Waals surface area contributed by atoms with Crippen LogP contribution in [0.15, 0.2) is 24.3 Å². The van der Waals surface area contributed by atoms with Crippen molar-refractivity contribution in [1.29, 1.82) is 0 Å². The molecule has 138 valence electrons. The number of amides is 1. The minimum Gasteiger partial charge on any atom is -0.466 e. The number of rotatable bonds is 8. The number of ether oxygens (including phenoxy) is 2. The molecule has 0 saturated carbocycles. The molecule has 6 nitrogen and oxygen atoms in total. The van der Waals surface area contributed by atoms with Gasteiger partial charge in [-0.1, -0.05) is 12.1 Å². The van der Waals surface area contributed by atoms with Crippen molar-refractivity contribution < 1.29 is 23.5 Å². The Bertz CT molecular complexity index is 576. The van der Waals surface area contributed by atoms with Gasteiger partial charge in [0, 0.05) is 32.7 Å². The van der Waals surface area contributed by atoms with E-state index < -0.39 is 11.7 Å². The zero-order chi connectivity index (χ0) is 18.1. The van der Waals surface area contributed by atoms with E-state index in [-0.39, 0.29) is 24.5 Å². The summed E-state index contributed by atoms with van der Waals surface area (Å²) < 4.78 is 24.2. The van der Waals surface area contributed by atoms with E-state index in [0.717, 1.165) is 13.1 Å². The first kappa shape index (κ1) is 19.3. The number of benzene rings is 1. The van der Waals surface area contributed by atoms with Crippen molar-refractivity contribution in [3.63, 3.8) is 0 Å². The predicted octanol–water partition coefficient (Wildman–Crippen LogP) is 1.55. The normalized spacial score (nSPS) is 15.0. The van der Waals surface area contributed by atoms with Gasteiger partial charge in [-0.05, 0) is 19.1 Å². The molecule has 1 amide bonds. The highest BCUT2D eigenvalue weighted by Gasteiger charge is 2.21. The summed E-state index contributed by atoms with van der Waals surface area (Å²) in [6.45, 7) is 6.27. The van der Waals surface area contributed by atoms with Crippen LogP contribution < -0.4 is 0 Å². The van der Waals surface area contributed by atoms with Crippen molar-refractivity contribution in [1.82, 2.24) is 9.80 Å². The molecule has 0 radical (unpaired) electrons. The van der Waals surface area contributed by atoms with Gasteiger partial charge in [-0.2, -0.15) is 0 Å². The number of carbonyl (C=O) groups excluding carboxylic acids is 2. The Kier molecular flexibility index (Phi) is 7.81. The Balaban J connectivity index is 2.00. The highest BCUT2D eigenvalue weighted by Crippen LogP contribution is 2.11. The van der Waals surface area contributed by atoms with Gasteiger partial charge in [0.05, 0.1) is 31.8 Å². The van der Waals surface area contributed by atoms with Crippen LogP contribution in [0.25, 0.3) is 0 Å².